The summed E-state index contributed by atoms with van der Waals surface area (Å²) in [6, 6.07) is 24.0. The molecule has 0 radical (unpaired) electrons. The molecule has 2 unspecified atom stereocenters. The lowest BCUT2D eigenvalue weighted by atomic mass is 9.87. The summed E-state index contributed by atoms with van der Waals surface area (Å²) in [6.07, 6.45) is 5.55. The van der Waals surface area contributed by atoms with Gasteiger partial charge in [0.2, 0.25) is 5.91 Å². The van der Waals surface area contributed by atoms with Crippen molar-refractivity contribution in [3.05, 3.63) is 113 Å². The minimum Gasteiger partial charge on any atom is -0.464 e. The van der Waals surface area contributed by atoms with E-state index in [0.29, 0.717) is 18.1 Å². The maximum absolute atomic E-state index is 13.4. The molecule has 0 spiro atoms. The number of hydrogen-bond donors (Lipinski definition) is 1. The average molecular weight is 471 g/mol. The molecule has 4 aromatic rings. The number of nitrogens with zero attached hydrogens (tertiary/aromatic N) is 1. The first-order valence-corrected chi connectivity index (χ1v) is 12.0. The van der Waals surface area contributed by atoms with E-state index >= 15 is 0 Å². The molecule has 5 heteroatoms. The van der Waals surface area contributed by atoms with Crippen LogP contribution in [0.2, 0.25) is 5.02 Å². The van der Waals surface area contributed by atoms with Crippen molar-refractivity contribution in [2.24, 2.45) is 5.92 Å². The van der Waals surface area contributed by atoms with Crippen LogP contribution in [0.25, 0.3) is 11.0 Å². The molecule has 0 saturated carbocycles. The summed E-state index contributed by atoms with van der Waals surface area (Å²) in [7, 11) is 0. The van der Waals surface area contributed by atoms with Gasteiger partial charge in [0.05, 0.1) is 17.0 Å². The van der Waals surface area contributed by atoms with Crippen molar-refractivity contribution < 1.29 is 9.21 Å². The molecule has 0 bridgehead atoms. The van der Waals surface area contributed by atoms with Crippen molar-refractivity contribution in [2.75, 3.05) is 11.9 Å². The largest absolute Gasteiger partial charge is 0.464 e. The third-order valence-corrected chi connectivity index (χ3v) is 6.80. The van der Waals surface area contributed by atoms with Crippen LogP contribution in [-0.4, -0.2) is 17.4 Å². The highest BCUT2D eigenvalue weighted by molar-refractivity contribution is 6.35. The zero-order valence-corrected chi connectivity index (χ0v) is 19.8. The van der Waals surface area contributed by atoms with Crippen LogP contribution in [0.5, 0.6) is 0 Å². The molecule has 1 N–H and O–H groups in total. The molecule has 172 valence electrons. The standard InChI is InChI=1S/C29H27ClN2O2/c1-20-16-31-29-25(30)13-14-26-28(29)24(19-34-26)23(20)12-15-27(33)32(17-21-8-4-2-5-9-21)18-22-10-6-3-7-11-22/h2-15,19-20,23,31H,16-18H2,1H3. The summed E-state index contributed by atoms with van der Waals surface area (Å²) in [5.74, 6) is 0.279. The summed E-state index contributed by atoms with van der Waals surface area (Å²) in [5, 5.41) is 5.16. The molecule has 3 aromatic carbocycles. The van der Waals surface area contributed by atoms with E-state index in [2.05, 4.69) is 36.5 Å². The van der Waals surface area contributed by atoms with Crippen LogP contribution < -0.4 is 5.32 Å². The lowest BCUT2D eigenvalue weighted by Crippen LogP contribution is -2.28. The summed E-state index contributed by atoms with van der Waals surface area (Å²) in [4.78, 5) is 15.3. The van der Waals surface area contributed by atoms with Gasteiger partial charge in [-0.05, 0) is 35.3 Å². The first-order valence-electron chi connectivity index (χ1n) is 11.6. The average Bonchev–Trinajstić information content (AvgIpc) is 3.22. The van der Waals surface area contributed by atoms with Crippen LogP contribution in [0, 0.1) is 5.92 Å². The second-order valence-electron chi connectivity index (χ2n) is 8.90. The number of carbonyl (C=O) groups excluding carboxylic acids is 1. The van der Waals surface area contributed by atoms with Crippen LogP contribution in [0.4, 0.5) is 5.69 Å². The number of halogens is 1. The fraction of sp³-hybridized carbons (Fsp3) is 0.207. The molecule has 2 heterocycles. The third kappa shape index (κ3) is 4.59. The topological polar surface area (TPSA) is 45.5 Å². The Morgan fingerprint density at radius 2 is 1.68 bits per heavy atom. The summed E-state index contributed by atoms with van der Waals surface area (Å²) >= 11 is 6.47. The molecule has 1 aromatic heterocycles. The summed E-state index contributed by atoms with van der Waals surface area (Å²) in [6.45, 7) is 4.04. The van der Waals surface area contributed by atoms with Gasteiger partial charge in [-0.1, -0.05) is 85.3 Å². The molecule has 0 aliphatic carbocycles. The highest BCUT2D eigenvalue weighted by atomic mass is 35.5. The van der Waals surface area contributed by atoms with E-state index in [0.717, 1.165) is 39.9 Å². The molecular formula is C29H27ClN2O2. The third-order valence-electron chi connectivity index (χ3n) is 6.48. The zero-order valence-electron chi connectivity index (χ0n) is 19.1. The van der Waals surface area contributed by atoms with E-state index in [1.807, 2.05) is 59.5 Å². The van der Waals surface area contributed by atoms with Gasteiger partial charge in [0.25, 0.3) is 0 Å². The Morgan fingerprint density at radius 3 is 2.32 bits per heavy atom. The Labute approximate surface area is 204 Å². The Kier molecular flexibility index (Phi) is 6.41. The van der Waals surface area contributed by atoms with Crippen molar-refractivity contribution in [3.63, 3.8) is 0 Å². The number of allylic oxidation sites excluding steroid dienone is 1. The monoisotopic (exact) mass is 470 g/mol. The smallest absolute Gasteiger partial charge is 0.246 e. The van der Waals surface area contributed by atoms with Gasteiger partial charge in [0.1, 0.15) is 5.58 Å². The summed E-state index contributed by atoms with van der Waals surface area (Å²) < 4.78 is 5.83. The molecule has 0 fully saturated rings. The first kappa shape index (κ1) is 22.3. The van der Waals surface area contributed by atoms with Crippen LogP contribution in [0.3, 0.4) is 0 Å². The highest BCUT2D eigenvalue weighted by Gasteiger charge is 2.27. The minimum absolute atomic E-state index is 0.0110. The normalized spacial score (nSPS) is 17.5. The fourth-order valence-corrected chi connectivity index (χ4v) is 4.87. The van der Waals surface area contributed by atoms with E-state index in [1.54, 1.807) is 12.3 Å². The molecular weight excluding hydrogens is 444 g/mol. The number of rotatable bonds is 6. The Hall–Kier alpha value is -3.50. The minimum atomic E-state index is -0.0110. The molecule has 1 aliphatic rings. The van der Waals surface area contributed by atoms with Crippen LogP contribution in [0.15, 0.2) is 95.6 Å². The number of nitrogens with one attached hydrogen (secondary N) is 1. The maximum atomic E-state index is 13.4. The van der Waals surface area contributed by atoms with E-state index in [9.17, 15) is 4.79 Å². The van der Waals surface area contributed by atoms with Crippen LogP contribution in [-0.2, 0) is 17.9 Å². The lowest BCUT2D eigenvalue weighted by molar-refractivity contribution is -0.127. The van der Waals surface area contributed by atoms with Crippen molar-refractivity contribution in [2.45, 2.75) is 25.9 Å². The van der Waals surface area contributed by atoms with Crippen LogP contribution in [0.1, 0.15) is 29.5 Å². The Balaban J connectivity index is 1.44. The number of benzene rings is 3. The van der Waals surface area contributed by atoms with Gasteiger partial charge < -0.3 is 14.6 Å². The molecule has 34 heavy (non-hydrogen) atoms. The van der Waals surface area contributed by atoms with E-state index in [4.69, 9.17) is 16.0 Å². The first-order chi connectivity index (χ1) is 16.6. The second kappa shape index (κ2) is 9.78. The summed E-state index contributed by atoms with van der Waals surface area (Å²) in [5.41, 5.74) is 4.98. The number of amides is 1. The number of anilines is 1. The van der Waals surface area contributed by atoms with Gasteiger partial charge in [-0.15, -0.1) is 0 Å². The van der Waals surface area contributed by atoms with Gasteiger partial charge in [0, 0.05) is 36.5 Å². The molecule has 0 saturated heterocycles. The predicted molar refractivity (Wildman–Crippen MR) is 138 cm³/mol. The Bertz CT molecular complexity index is 1270. The number of furan rings is 1. The number of carbonyl (C=O) groups is 1. The van der Waals surface area contributed by atoms with Crippen molar-refractivity contribution in [3.8, 4) is 0 Å². The van der Waals surface area contributed by atoms with Gasteiger partial charge in [-0.3, -0.25) is 4.79 Å². The molecule has 2 atom stereocenters. The van der Waals surface area contributed by atoms with E-state index < -0.39 is 0 Å². The van der Waals surface area contributed by atoms with E-state index in [-0.39, 0.29) is 17.7 Å². The molecule has 4 nitrogen and oxygen atoms in total. The highest BCUT2D eigenvalue weighted by Crippen LogP contribution is 2.43. The van der Waals surface area contributed by atoms with Gasteiger partial charge in [0.15, 0.2) is 0 Å². The molecule has 1 amide bonds. The van der Waals surface area contributed by atoms with E-state index in [1.165, 1.54) is 0 Å². The number of hydrogen-bond acceptors (Lipinski definition) is 3. The maximum Gasteiger partial charge on any atom is 0.246 e. The lowest BCUT2D eigenvalue weighted by Gasteiger charge is -2.23. The fourth-order valence-electron chi connectivity index (χ4n) is 4.65. The van der Waals surface area contributed by atoms with Crippen molar-refractivity contribution in [1.29, 1.82) is 0 Å². The second-order valence-corrected chi connectivity index (χ2v) is 9.30. The molecule has 1 aliphatic heterocycles. The quantitative estimate of drug-likeness (QED) is 0.308. The van der Waals surface area contributed by atoms with Gasteiger partial charge >= 0.3 is 0 Å². The zero-order chi connectivity index (χ0) is 23.5. The molecule has 5 rings (SSSR count). The van der Waals surface area contributed by atoms with Crippen LogP contribution >= 0.6 is 11.6 Å². The van der Waals surface area contributed by atoms with Gasteiger partial charge in [-0.25, -0.2) is 0 Å². The van der Waals surface area contributed by atoms with Crippen molar-refractivity contribution in [1.82, 2.24) is 4.90 Å². The Morgan fingerprint density at radius 1 is 1.03 bits per heavy atom. The van der Waals surface area contributed by atoms with Gasteiger partial charge in [-0.2, -0.15) is 0 Å². The van der Waals surface area contributed by atoms with Crippen molar-refractivity contribution >= 4 is 34.2 Å². The predicted octanol–water partition coefficient (Wildman–Crippen LogP) is 7.02. The SMILES string of the molecule is CC1CNc2c(Cl)ccc3occ(c23)C1C=CC(=O)N(Cc1ccccc1)Cc1ccccc1.